The van der Waals surface area contributed by atoms with Crippen molar-refractivity contribution in [2.75, 3.05) is 13.7 Å². The Kier molecular flexibility index (Phi) is 9.53. The molecule has 2 bridgehead atoms. The molecule has 9 nitrogen and oxygen atoms in total. The minimum absolute atomic E-state index is 0.0366. The monoisotopic (exact) mass is 620 g/mol. The van der Waals surface area contributed by atoms with Crippen LogP contribution in [0.1, 0.15) is 83.5 Å². The predicted molar refractivity (Wildman–Crippen MR) is 151 cm³/mol. The van der Waals surface area contributed by atoms with Crippen LogP contribution in [-0.2, 0) is 30.4 Å². The number of halogens is 1. The maximum absolute atomic E-state index is 14.1. The fraction of sp³-hybridized carbons (Fsp3) is 0.733. The van der Waals surface area contributed by atoms with Gasteiger partial charge in [0, 0.05) is 13.0 Å². The Morgan fingerprint density at radius 2 is 1.65 bits per heavy atom. The molecule has 1 amide bonds. The zero-order chi connectivity index (χ0) is 28.2. The van der Waals surface area contributed by atoms with E-state index in [1.54, 1.807) is 21.6 Å². The minimum Gasteiger partial charge on any atom is -0.473 e. The topological polar surface area (TPSA) is 104 Å². The van der Waals surface area contributed by atoms with E-state index in [4.69, 9.17) is 14.2 Å². The van der Waals surface area contributed by atoms with Crippen molar-refractivity contribution < 1.29 is 28.6 Å². The van der Waals surface area contributed by atoms with E-state index < -0.39 is 24.0 Å². The Morgan fingerprint density at radius 3 is 2.42 bits per heavy atom. The van der Waals surface area contributed by atoms with Crippen molar-refractivity contribution in [2.24, 2.45) is 17.8 Å². The number of nitrogens with zero attached hydrogens (tertiary/aromatic N) is 2. The molecule has 0 spiro atoms. The molecule has 1 saturated heterocycles. The van der Waals surface area contributed by atoms with Crippen LogP contribution in [0.25, 0.3) is 0 Å². The van der Waals surface area contributed by atoms with Gasteiger partial charge in [-0.05, 0) is 84.8 Å². The molecule has 0 unspecified atom stereocenters. The third kappa shape index (κ3) is 6.42. The van der Waals surface area contributed by atoms with Crippen LogP contribution in [0.3, 0.4) is 0 Å². The Labute approximate surface area is 244 Å². The normalized spacial score (nSPS) is 30.6. The molecule has 10 heteroatoms. The second-order valence-electron chi connectivity index (χ2n) is 11.9. The summed E-state index contributed by atoms with van der Waals surface area (Å²) in [5.74, 6) is -0.695. The Hall–Kier alpha value is -2.36. The van der Waals surface area contributed by atoms with Gasteiger partial charge in [-0.1, -0.05) is 25.7 Å². The molecule has 4 aliphatic rings. The zero-order valence-electron chi connectivity index (χ0n) is 23.4. The molecule has 0 radical (unpaired) electrons. The van der Waals surface area contributed by atoms with Gasteiger partial charge in [-0.3, -0.25) is 19.0 Å². The van der Waals surface area contributed by atoms with Gasteiger partial charge in [-0.25, -0.2) is 4.79 Å². The largest absolute Gasteiger partial charge is 0.473 e. The summed E-state index contributed by atoms with van der Waals surface area (Å²) in [6.45, 7) is 0.696. The quantitative estimate of drug-likeness (QED) is 0.445. The molecule has 2 aliphatic carbocycles. The molecular formula is C30H41BrN2O7. The average Bonchev–Trinajstić information content (AvgIpc) is 3.71. The standard InChI is InChI=1S/C30H41BrN2O7/c1-38-30(37)24-16-21-18-33(24)28(35)22(19-8-4-5-9-19)17-27(34)40-25-12-7-11-20(25)10-3-2-6-15-32-26(39-21)14-13-23(31)29(32)36/h13-14,19-22,24-25H,2-12,15-18H2,1H3/t20-,21-,22+,24+,25-/m1/s1. The summed E-state index contributed by atoms with van der Waals surface area (Å²) in [6, 6.07) is 2.64. The smallest absolute Gasteiger partial charge is 0.328 e. The van der Waals surface area contributed by atoms with Gasteiger partial charge in [-0.15, -0.1) is 0 Å². The maximum atomic E-state index is 14.1. The lowest BCUT2D eigenvalue weighted by Gasteiger charge is -2.30. The van der Waals surface area contributed by atoms with E-state index in [1.165, 1.54) is 7.11 Å². The molecule has 5 rings (SSSR count). The number of hydrogen-bond acceptors (Lipinski definition) is 7. The van der Waals surface area contributed by atoms with Crippen LogP contribution < -0.4 is 10.3 Å². The third-order valence-electron chi connectivity index (χ3n) is 9.40. The van der Waals surface area contributed by atoms with Gasteiger partial charge in [0.05, 0.1) is 30.5 Å². The Morgan fingerprint density at radius 1 is 0.925 bits per heavy atom. The SMILES string of the molecule is COC(=O)[C@@H]1C[C@@H]2CN1C(=O)[C@H](C1CCCC1)CC(=O)O[C@@H]1CCC[C@H]1CCCCCn1c(ccc(Br)c1=O)O2. The maximum Gasteiger partial charge on any atom is 0.328 e. The highest BCUT2D eigenvalue weighted by Crippen LogP contribution is 2.38. The molecule has 3 heterocycles. The molecular weight excluding hydrogens is 580 g/mol. The van der Waals surface area contributed by atoms with Crippen LogP contribution in [0.2, 0.25) is 0 Å². The number of esters is 2. The molecule has 0 aromatic carbocycles. The summed E-state index contributed by atoms with van der Waals surface area (Å²) < 4.78 is 19.5. The highest BCUT2D eigenvalue weighted by Gasteiger charge is 2.46. The van der Waals surface area contributed by atoms with Crippen LogP contribution in [0.5, 0.6) is 5.88 Å². The number of rotatable bonds is 2. The summed E-state index contributed by atoms with van der Waals surface area (Å²) in [6.07, 6.45) is 10.2. The third-order valence-corrected chi connectivity index (χ3v) is 10.00. The van der Waals surface area contributed by atoms with Gasteiger partial charge in [0.15, 0.2) is 5.88 Å². The van der Waals surface area contributed by atoms with Gasteiger partial charge in [-0.2, -0.15) is 0 Å². The van der Waals surface area contributed by atoms with Crippen LogP contribution >= 0.6 is 15.9 Å². The van der Waals surface area contributed by atoms with Crippen molar-refractivity contribution in [1.82, 2.24) is 9.47 Å². The molecule has 40 heavy (non-hydrogen) atoms. The highest BCUT2D eigenvalue weighted by atomic mass is 79.9. The number of amides is 1. The van der Waals surface area contributed by atoms with E-state index in [1.807, 2.05) is 0 Å². The van der Waals surface area contributed by atoms with Crippen molar-refractivity contribution in [3.8, 4) is 5.88 Å². The molecule has 1 aromatic rings. The Bertz CT molecular complexity index is 1150. The summed E-state index contributed by atoms with van der Waals surface area (Å²) in [5.41, 5.74) is -0.161. The summed E-state index contributed by atoms with van der Waals surface area (Å²) in [4.78, 5) is 54.8. The van der Waals surface area contributed by atoms with Gasteiger partial charge in [0.1, 0.15) is 18.2 Å². The van der Waals surface area contributed by atoms with Crippen molar-refractivity contribution >= 4 is 33.8 Å². The molecule has 220 valence electrons. The fourth-order valence-corrected chi connectivity index (χ4v) is 7.62. The number of ether oxygens (including phenoxy) is 3. The first-order chi connectivity index (χ1) is 19.4. The average molecular weight is 622 g/mol. The number of hydrogen-bond donors (Lipinski definition) is 0. The van der Waals surface area contributed by atoms with Crippen molar-refractivity contribution in [3.63, 3.8) is 0 Å². The van der Waals surface area contributed by atoms with E-state index in [9.17, 15) is 19.2 Å². The van der Waals surface area contributed by atoms with Crippen LogP contribution in [0.15, 0.2) is 21.4 Å². The Balaban J connectivity index is 1.46. The number of carbonyl (C=O) groups excluding carboxylic acids is 3. The van der Waals surface area contributed by atoms with Crippen LogP contribution in [0, 0.1) is 17.8 Å². The van der Waals surface area contributed by atoms with E-state index in [-0.39, 0.29) is 48.8 Å². The lowest BCUT2D eigenvalue weighted by atomic mass is 9.86. The second kappa shape index (κ2) is 13.1. The van der Waals surface area contributed by atoms with Crippen molar-refractivity contribution in [3.05, 3.63) is 27.0 Å². The number of pyridine rings is 1. The van der Waals surface area contributed by atoms with E-state index in [0.717, 1.165) is 70.6 Å². The van der Waals surface area contributed by atoms with Gasteiger partial charge in [0.2, 0.25) is 5.91 Å². The van der Waals surface area contributed by atoms with Crippen molar-refractivity contribution in [1.29, 1.82) is 0 Å². The molecule has 3 fully saturated rings. The highest BCUT2D eigenvalue weighted by molar-refractivity contribution is 9.10. The van der Waals surface area contributed by atoms with Crippen molar-refractivity contribution in [2.45, 2.75) is 108 Å². The minimum atomic E-state index is -0.806. The first kappa shape index (κ1) is 29.1. The first-order valence-corrected chi connectivity index (χ1v) is 15.8. The molecule has 2 saturated carbocycles. The van der Waals surface area contributed by atoms with E-state index in [2.05, 4.69) is 15.9 Å². The second-order valence-corrected chi connectivity index (χ2v) is 12.8. The van der Waals surface area contributed by atoms with Crippen LogP contribution in [0.4, 0.5) is 0 Å². The lowest BCUT2D eigenvalue weighted by Crippen LogP contribution is -2.46. The molecule has 5 atom stereocenters. The van der Waals surface area contributed by atoms with Gasteiger partial charge in [0.25, 0.3) is 5.56 Å². The zero-order valence-corrected chi connectivity index (χ0v) is 24.9. The van der Waals surface area contributed by atoms with Gasteiger partial charge >= 0.3 is 11.9 Å². The van der Waals surface area contributed by atoms with Crippen LogP contribution in [-0.4, -0.2) is 59.2 Å². The molecule has 1 aromatic heterocycles. The number of methoxy groups -OCH3 is 1. The van der Waals surface area contributed by atoms with E-state index in [0.29, 0.717) is 22.8 Å². The summed E-state index contributed by atoms with van der Waals surface area (Å²) >= 11 is 3.36. The fourth-order valence-electron chi connectivity index (χ4n) is 7.27. The predicted octanol–water partition coefficient (Wildman–Crippen LogP) is 4.61. The number of aromatic nitrogens is 1. The van der Waals surface area contributed by atoms with E-state index >= 15 is 0 Å². The summed E-state index contributed by atoms with van der Waals surface area (Å²) in [5, 5.41) is 0. The van der Waals surface area contributed by atoms with Gasteiger partial charge < -0.3 is 19.1 Å². The lowest BCUT2D eigenvalue weighted by molar-refractivity contribution is -0.158. The molecule has 0 N–H and O–H groups in total. The first-order valence-electron chi connectivity index (χ1n) is 15.0. The number of carbonyl (C=O) groups is 3. The summed E-state index contributed by atoms with van der Waals surface area (Å²) in [7, 11) is 1.32. The molecule has 2 aliphatic heterocycles. The number of fused-ring (bicyclic) bond motifs is 4.